The van der Waals surface area contributed by atoms with Crippen LogP contribution in [0.25, 0.3) is 0 Å². The minimum Gasteiger partial charge on any atom is -0.345 e. The summed E-state index contributed by atoms with van der Waals surface area (Å²) >= 11 is 2.84. The van der Waals surface area contributed by atoms with Crippen LogP contribution < -0.4 is 5.32 Å². The van der Waals surface area contributed by atoms with Crippen LogP contribution in [0.1, 0.15) is 44.6 Å². The first-order valence-electron chi connectivity index (χ1n) is 13.7. The van der Waals surface area contributed by atoms with E-state index in [1.54, 1.807) is 35.6 Å². The van der Waals surface area contributed by atoms with E-state index in [1.165, 1.54) is 28.9 Å². The summed E-state index contributed by atoms with van der Waals surface area (Å²) < 4.78 is 15.6. The van der Waals surface area contributed by atoms with Gasteiger partial charge in [-0.3, -0.25) is 9.59 Å². The molecule has 5 aromatic rings. The van der Waals surface area contributed by atoms with Gasteiger partial charge in [0.15, 0.2) is 11.0 Å². The van der Waals surface area contributed by atoms with Gasteiger partial charge >= 0.3 is 0 Å². The third kappa shape index (κ3) is 6.73. The summed E-state index contributed by atoms with van der Waals surface area (Å²) in [6.07, 6.45) is 0.540. The number of thiophene rings is 1. The minimum absolute atomic E-state index is 0.0716. The Morgan fingerprint density at radius 3 is 2.40 bits per heavy atom. The second kappa shape index (κ2) is 13.1. The zero-order valence-corrected chi connectivity index (χ0v) is 24.6. The number of halogens is 1. The van der Waals surface area contributed by atoms with Crippen molar-refractivity contribution >= 4 is 40.6 Å². The maximum absolute atomic E-state index is 13.7. The number of amides is 2. The van der Waals surface area contributed by atoms with Crippen LogP contribution in [0.4, 0.5) is 4.39 Å². The first-order chi connectivity index (χ1) is 21.0. The van der Waals surface area contributed by atoms with Crippen molar-refractivity contribution in [1.29, 1.82) is 0 Å². The Balaban J connectivity index is 1.21. The Kier molecular flexibility index (Phi) is 8.71. The molecule has 6 rings (SSSR count). The van der Waals surface area contributed by atoms with Gasteiger partial charge in [-0.1, -0.05) is 78.5 Å². The van der Waals surface area contributed by atoms with Gasteiger partial charge in [0.05, 0.1) is 35.5 Å². The molecule has 0 unspecified atom stereocenters. The predicted octanol–water partition coefficient (Wildman–Crippen LogP) is 5.93. The Morgan fingerprint density at radius 1 is 0.930 bits per heavy atom. The summed E-state index contributed by atoms with van der Waals surface area (Å²) in [7, 11) is 0. The maximum Gasteiger partial charge on any atom is 0.253 e. The Morgan fingerprint density at radius 2 is 1.67 bits per heavy atom. The van der Waals surface area contributed by atoms with Crippen molar-refractivity contribution in [2.45, 2.75) is 30.7 Å². The van der Waals surface area contributed by atoms with Crippen molar-refractivity contribution in [1.82, 2.24) is 25.1 Å². The fourth-order valence-corrected chi connectivity index (χ4v) is 6.33. The molecule has 11 heteroatoms. The van der Waals surface area contributed by atoms with Crippen molar-refractivity contribution in [3.05, 3.63) is 136 Å². The molecule has 0 aliphatic carbocycles. The van der Waals surface area contributed by atoms with E-state index in [1.807, 2.05) is 70.6 Å². The molecule has 1 aliphatic heterocycles. The van der Waals surface area contributed by atoms with Crippen molar-refractivity contribution in [2.75, 3.05) is 5.75 Å². The van der Waals surface area contributed by atoms with Gasteiger partial charge in [0, 0.05) is 12.0 Å². The lowest BCUT2D eigenvalue weighted by Gasteiger charge is -2.22. The van der Waals surface area contributed by atoms with Gasteiger partial charge in [-0.2, -0.15) is 5.10 Å². The van der Waals surface area contributed by atoms with Gasteiger partial charge in [0.2, 0.25) is 0 Å². The molecule has 8 nitrogen and oxygen atoms in total. The molecule has 2 amide bonds. The lowest BCUT2D eigenvalue weighted by Crippen LogP contribution is -2.28. The third-order valence-corrected chi connectivity index (χ3v) is 8.84. The van der Waals surface area contributed by atoms with Crippen LogP contribution in [-0.4, -0.2) is 43.1 Å². The second-order valence-corrected chi connectivity index (χ2v) is 11.7. The number of nitrogens with zero attached hydrogens (tertiary/aromatic N) is 5. The number of carbonyl (C=O) groups excluding carboxylic acids is 2. The molecular weight excluding hydrogens is 584 g/mol. The quantitative estimate of drug-likeness (QED) is 0.198. The fourth-order valence-electron chi connectivity index (χ4n) is 4.80. The molecule has 1 atom stereocenters. The third-order valence-electron chi connectivity index (χ3n) is 6.97. The standard InChI is InChI=1S/C32H27FN6O2S2/c33-25-15-13-23(14-16-25)27-18-26(28-12-7-17-42-28)37-39(27)30(40)21-43-32-36-35-29(38(32)20-22-8-3-1-4-9-22)19-34-31(41)24-10-5-2-6-11-24/h1-17,27H,18-21H2,(H,34,41)/t27-/m1/s1. The SMILES string of the molecule is O=C(NCc1nnc(SCC(=O)N2N=C(c3cccs3)C[C@@H]2c2ccc(F)cc2)n1Cc1ccccc1)c1ccccc1. The number of hydrogen-bond acceptors (Lipinski definition) is 7. The van der Waals surface area contributed by atoms with Gasteiger partial charge in [0.1, 0.15) is 5.82 Å². The first-order valence-corrected chi connectivity index (χ1v) is 15.5. The molecular formula is C32H27FN6O2S2. The number of benzene rings is 3. The summed E-state index contributed by atoms with van der Waals surface area (Å²) in [4.78, 5) is 27.3. The number of hydrazone groups is 1. The van der Waals surface area contributed by atoms with Crippen molar-refractivity contribution in [2.24, 2.45) is 5.10 Å². The van der Waals surface area contributed by atoms with Crippen LogP contribution in [-0.2, 0) is 17.9 Å². The van der Waals surface area contributed by atoms with Crippen LogP contribution in [0.2, 0.25) is 0 Å². The predicted molar refractivity (Wildman–Crippen MR) is 165 cm³/mol. The van der Waals surface area contributed by atoms with E-state index in [-0.39, 0.29) is 36.0 Å². The number of rotatable bonds is 10. The zero-order chi connectivity index (χ0) is 29.6. The van der Waals surface area contributed by atoms with Crippen LogP contribution >= 0.6 is 23.1 Å². The van der Waals surface area contributed by atoms with E-state index >= 15 is 0 Å². The fraction of sp³-hybridized carbons (Fsp3) is 0.156. The molecule has 3 aromatic carbocycles. The highest BCUT2D eigenvalue weighted by molar-refractivity contribution is 7.99. The van der Waals surface area contributed by atoms with E-state index in [2.05, 4.69) is 15.5 Å². The summed E-state index contributed by atoms with van der Waals surface area (Å²) in [6, 6.07) is 28.7. The number of nitrogens with one attached hydrogen (secondary N) is 1. The highest BCUT2D eigenvalue weighted by atomic mass is 32.2. The Hall–Kier alpha value is -4.61. The first kappa shape index (κ1) is 28.5. The lowest BCUT2D eigenvalue weighted by atomic mass is 10.0. The number of aromatic nitrogens is 3. The summed E-state index contributed by atoms with van der Waals surface area (Å²) in [5.74, 6) is -0.0875. The van der Waals surface area contributed by atoms with Crippen LogP contribution in [0, 0.1) is 5.82 Å². The second-order valence-electron chi connectivity index (χ2n) is 9.84. The molecule has 43 heavy (non-hydrogen) atoms. The summed E-state index contributed by atoms with van der Waals surface area (Å²) in [5, 5.41) is 20.4. The highest BCUT2D eigenvalue weighted by Gasteiger charge is 2.33. The van der Waals surface area contributed by atoms with E-state index < -0.39 is 0 Å². The molecule has 0 spiro atoms. The van der Waals surface area contributed by atoms with E-state index in [9.17, 15) is 14.0 Å². The number of carbonyl (C=O) groups is 2. The summed E-state index contributed by atoms with van der Waals surface area (Å²) in [6.45, 7) is 0.652. The molecule has 0 saturated heterocycles. The average molecular weight is 611 g/mol. The van der Waals surface area contributed by atoms with E-state index in [4.69, 9.17) is 5.10 Å². The van der Waals surface area contributed by atoms with Crippen molar-refractivity contribution < 1.29 is 14.0 Å². The van der Waals surface area contributed by atoms with Gasteiger partial charge in [-0.15, -0.1) is 21.5 Å². The Bertz CT molecular complexity index is 1730. The van der Waals surface area contributed by atoms with Crippen molar-refractivity contribution in [3.63, 3.8) is 0 Å². The van der Waals surface area contributed by atoms with Gasteiger partial charge in [-0.25, -0.2) is 9.40 Å². The molecule has 0 saturated carbocycles. The van der Waals surface area contributed by atoms with Crippen LogP contribution in [0.3, 0.4) is 0 Å². The normalized spacial score (nSPS) is 14.5. The monoisotopic (exact) mass is 610 g/mol. The van der Waals surface area contributed by atoms with Gasteiger partial charge < -0.3 is 9.88 Å². The topological polar surface area (TPSA) is 92.5 Å². The Labute approximate surface area is 256 Å². The van der Waals surface area contributed by atoms with Crippen LogP contribution in [0.15, 0.2) is 113 Å². The highest BCUT2D eigenvalue weighted by Crippen LogP contribution is 2.34. The number of hydrogen-bond donors (Lipinski definition) is 1. The smallest absolute Gasteiger partial charge is 0.253 e. The molecule has 216 valence electrons. The maximum atomic E-state index is 13.7. The summed E-state index contributed by atoms with van der Waals surface area (Å²) in [5.41, 5.74) is 3.23. The van der Waals surface area contributed by atoms with Gasteiger partial charge in [-0.05, 0) is 46.8 Å². The largest absolute Gasteiger partial charge is 0.345 e. The molecule has 0 bridgehead atoms. The molecule has 2 aromatic heterocycles. The lowest BCUT2D eigenvalue weighted by molar-refractivity contribution is -0.130. The molecule has 0 radical (unpaired) electrons. The average Bonchev–Trinajstić information content (AvgIpc) is 3.81. The van der Waals surface area contributed by atoms with Gasteiger partial charge in [0.25, 0.3) is 11.8 Å². The zero-order valence-electron chi connectivity index (χ0n) is 23.0. The molecule has 3 heterocycles. The van der Waals surface area contributed by atoms with Crippen molar-refractivity contribution in [3.8, 4) is 0 Å². The van der Waals surface area contributed by atoms with E-state index in [0.717, 1.165) is 21.7 Å². The minimum atomic E-state index is -0.336. The molecule has 1 N–H and O–H groups in total. The molecule has 0 fully saturated rings. The van der Waals surface area contributed by atoms with Crippen LogP contribution in [0.5, 0.6) is 0 Å². The van der Waals surface area contributed by atoms with E-state index in [0.29, 0.717) is 29.5 Å². The molecule has 1 aliphatic rings. The number of thioether (sulfide) groups is 1.